The molecule has 40 heteroatoms. The fourth-order valence-corrected chi connectivity index (χ4v) is 24.7. The van der Waals surface area contributed by atoms with Crippen LogP contribution in [-0.4, -0.2) is 166 Å². The lowest BCUT2D eigenvalue weighted by Gasteiger charge is -2.29. The predicted octanol–water partition coefficient (Wildman–Crippen LogP) is 26.5. The molecule has 8 aromatic heterocycles. The van der Waals surface area contributed by atoms with Gasteiger partial charge >= 0.3 is 0 Å². The number of rotatable bonds is 27. The summed E-state index contributed by atoms with van der Waals surface area (Å²) in [5, 5.41) is 62.7. The van der Waals surface area contributed by atoms with Crippen LogP contribution in [0.15, 0.2) is 213 Å². The summed E-state index contributed by atoms with van der Waals surface area (Å²) >= 11 is 31.2. The number of nitrogens with zero attached hydrogens (tertiary/aromatic N) is 16. The first-order chi connectivity index (χ1) is 70.8. The van der Waals surface area contributed by atoms with Crippen LogP contribution in [0.1, 0.15) is 85.6 Å². The summed E-state index contributed by atoms with van der Waals surface area (Å²) < 4.78 is 57.9. The molecule has 6 aliphatic heterocycles. The number of hydrogen-bond acceptors (Lipinski definition) is 35. The molecule has 0 aliphatic carbocycles. The third-order valence-corrected chi connectivity index (χ3v) is 32.7. The first-order valence-electron chi connectivity index (χ1n) is 47.0. The third kappa shape index (κ3) is 25.4. The number of anilines is 12. The zero-order valence-corrected chi connectivity index (χ0v) is 87.5. The lowest BCUT2D eigenvalue weighted by atomic mass is 10.00. The highest BCUT2D eigenvalue weighted by molar-refractivity contribution is 9.10. The van der Waals surface area contributed by atoms with Gasteiger partial charge in [0.05, 0.1) is 87.7 Å². The Bertz CT molecular complexity index is 7540. The summed E-state index contributed by atoms with van der Waals surface area (Å²) in [5.74, 6) is 6.08. The topological polar surface area (TPSA) is 348 Å². The van der Waals surface area contributed by atoms with E-state index in [4.69, 9.17) is 68.0 Å². The minimum absolute atomic E-state index is 0.109. The SMILES string of the molecule is CN1CCCC(COc2ccc(Nc3nc4ncc(C#N)c(Nc5c(Cl)ccc6c5OCO6)c4s3)cc2)C1.CN1CCCC(COc2ccc(Nc3nc4ncc(C#N)c(Sc5ccc(F)cc5Cl)c4s3)cc2)C1.CN1CCCC(COc2ccc(Nc3nc4ncc(C#N)c(Sc5cccc(Br)c5)c4s3)cc2)C1.N#Cc1cnc2nc(Nc3ccc(CN4CCCCC4)cc3)sc2c1Nc1c(Cl)ccc2c1OCO2. The van der Waals surface area contributed by atoms with Crippen molar-refractivity contribution in [2.24, 2.45) is 17.8 Å². The molecule has 14 heterocycles. The van der Waals surface area contributed by atoms with Gasteiger partial charge in [-0.2, -0.15) is 41.0 Å². The van der Waals surface area contributed by atoms with Crippen molar-refractivity contribution in [3.8, 4) is 64.5 Å². The molecule has 8 aromatic carbocycles. The number of halogens is 5. The average Bonchev–Trinajstić information content (AvgIpc) is 1.61. The van der Waals surface area contributed by atoms with Gasteiger partial charge in [-0.25, -0.2) is 24.3 Å². The molecule has 4 saturated heterocycles. The molecule has 6 N–H and O–H groups in total. The van der Waals surface area contributed by atoms with Gasteiger partial charge in [0, 0.05) is 106 Å². The Morgan fingerprint density at radius 1 is 0.421 bits per heavy atom. The van der Waals surface area contributed by atoms with Crippen molar-refractivity contribution >= 4 is 227 Å². The molecule has 16 aromatic rings. The second-order valence-corrected chi connectivity index (χ2v) is 43.6. The molecule has 0 amide bonds. The average molecular weight is 2170 g/mol. The zero-order valence-electron chi connectivity index (χ0n) is 78.7. The van der Waals surface area contributed by atoms with E-state index in [2.05, 4.69) is 177 Å². The number of aromatic nitrogens is 8. The Hall–Kier alpha value is -12.9. The fourth-order valence-electron chi connectivity index (χ4n) is 17.5. The van der Waals surface area contributed by atoms with Crippen molar-refractivity contribution < 1.29 is 37.5 Å². The monoisotopic (exact) mass is 2170 g/mol. The van der Waals surface area contributed by atoms with Gasteiger partial charge in [-0.1, -0.05) is 144 Å². The number of pyridine rings is 4. The van der Waals surface area contributed by atoms with E-state index in [1.165, 1.54) is 177 Å². The number of fused-ring (bicyclic) bond motifs is 6. The summed E-state index contributed by atoms with van der Waals surface area (Å²) in [6, 6.07) is 60.2. The maximum absolute atomic E-state index is 13.5. The summed E-state index contributed by atoms with van der Waals surface area (Å²) in [4.78, 5) is 48.9. The fraction of sp³-hybridized carbons (Fsp3) is 0.276. The van der Waals surface area contributed by atoms with Gasteiger partial charge < -0.3 is 79.8 Å². The van der Waals surface area contributed by atoms with Gasteiger partial charge in [0.2, 0.25) is 13.6 Å². The quantitative estimate of drug-likeness (QED) is 0.0278. The molecule has 0 bridgehead atoms. The van der Waals surface area contributed by atoms with Crippen LogP contribution in [0.3, 0.4) is 0 Å². The van der Waals surface area contributed by atoms with E-state index in [-0.39, 0.29) is 18.6 Å². The molecule has 0 radical (unpaired) electrons. The molecular formula is C105H95BrCl3FN22O7S6. The smallest absolute Gasteiger partial charge is 0.231 e. The summed E-state index contributed by atoms with van der Waals surface area (Å²) in [6.45, 7) is 12.5. The third-order valence-electron chi connectivity index (χ3n) is 24.7. The molecule has 22 rings (SSSR count). The van der Waals surface area contributed by atoms with E-state index in [0.717, 1.165) is 131 Å². The number of nitriles is 4. The van der Waals surface area contributed by atoms with Gasteiger partial charge in [-0.05, 0) is 256 Å². The van der Waals surface area contributed by atoms with Crippen LogP contribution in [0.25, 0.3) is 41.4 Å². The molecule has 3 atom stereocenters. The van der Waals surface area contributed by atoms with Crippen molar-refractivity contribution in [1.82, 2.24) is 59.5 Å². The number of piperidine rings is 4. The summed E-state index contributed by atoms with van der Waals surface area (Å²) in [5.41, 5.74) is 11.0. The second kappa shape index (κ2) is 47.5. The summed E-state index contributed by atoms with van der Waals surface area (Å²) in [6.07, 6.45) is 17.3. The first-order valence-corrected chi connectivity index (χ1v) is 53.8. The highest BCUT2D eigenvalue weighted by atomic mass is 79.9. The minimum Gasteiger partial charge on any atom is -0.493 e. The van der Waals surface area contributed by atoms with Crippen LogP contribution in [0, 0.1) is 68.9 Å². The Morgan fingerprint density at radius 2 is 0.814 bits per heavy atom. The molecular weight excluding hydrogens is 2080 g/mol. The van der Waals surface area contributed by atoms with Gasteiger partial charge in [0.1, 0.15) is 68.1 Å². The molecule has 0 spiro atoms. The van der Waals surface area contributed by atoms with Crippen molar-refractivity contribution in [3.63, 3.8) is 0 Å². The Balaban J connectivity index is 0.000000122. The molecule has 738 valence electrons. The van der Waals surface area contributed by atoms with E-state index in [9.17, 15) is 25.4 Å². The Morgan fingerprint density at radius 3 is 1.21 bits per heavy atom. The molecule has 3 unspecified atom stereocenters. The number of ether oxygens (including phenoxy) is 7. The van der Waals surface area contributed by atoms with Crippen LogP contribution in [0.4, 0.5) is 70.4 Å². The maximum Gasteiger partial charge on any atom is 0.231 e. The van der Waals surface area contributed by atoms with Gasteiger partial charge in [-0.3, -0.25) is 4.90 Å². The lowest BCUT2D eigenvalue weighted by molar-refractivity contribution is 0.150. The van der Waals surface area contributed by atoms with Crippen LogP contribution < -0.4 is 65.1 Å². The Labute approximate surface area is 884 Å². The normalized spacial score (nSPS) is 16.1. The van der Waals surface area contributed by atoms with E-state index in [0.29, 0.717) is 144 Å². The second-order valence-electron chi connectivity index (χ2n) is 35.4. The van der Waals surface area contributed by atoms with Crippen molar-refractivity contribution in [1.29, 1.82) is 21.0 Å². The van der Waals surface area contributed by atoms with E-state index in [1.54, 1.807) is 48.3 Å². The number of nitrogens with one attached hydrogen (secondary N) is 6. The number of benzene rings is 8. The first kappa shape index (κ1) is 101. The van der Waals surface area contributed by atoms with Crippen molar-refractivity contribution in [3.05, 3.63) is 242 Å². The van der Waals surface area contributed by atoms with Crippen molar-refractivity contribution in [2.75, 3.05) is 139 Å². The molecule has 29 nitrogen and oxygen atoms in total. The Kier molecular flexibility index (Phi) is 33.0. The van der Waals surface area contributed by atoms with Crippen LogP contribution in [0.2, 0.25) is 15.1 Å². The molecule has 6 aliphatic rings. The molecule has 145 heavy (non-hydrogen) atoms. The largest absolute Gasteiger partial charge is 0.493 e. The predicted molar refractivity (Wildman–Crippen MR) is 579 cm³/mol. The van der Waals surface area contributed by atoms with E-state index < -0.39 is 5.82 Å². The van der Waals surface area contributed by atoms with Crippen molar-refractivity contribution in [2.45, 2.75) is 83.9 Å². The minimum atomic E-state index is -0.410. The van der Waals surface area contributed by atoms with Crippen LogP contribution >= 0.6 is 120 Å². The van der Waals surface area contributed by atoms with E-state index >= 15 is 0 Å². The van der Waals surface area contributed by atoms with Gasteiger partial charge in [0.15, 0.2) is 66.1 Å². The van der Waals surface area contributed by atoms with Gasteiger partial charge in [-0.15, -0.1) is 0 Å². The van der Waals surface area contributed by atoms with Crippen LogP contribution in [0.5, 0.6) is 40.2 Å². The number of likely N-dealkylation sites (tertiary alicyclic amines) is 4. The standard InChI is InChI=1S/C27H25ClN6O3S.C26H24BrN5OS2.C26H23ClFN5OS2.C26H23ClN6O2S/c1-34-10-2-3-16(13-34)14-35-19-6-4-18(5-7-19)31-27-33-26-25(38-27)22(17(11-29)12-30-26)32-23-20(28)8-9-21-24(23)37-15-36-21;1-32-11-3-4-17(15-32)16-33-21-9-7-20(8-10-21)30-26-31-25-24(35-26)23(18(13-28)14-29-25)34-22-6-2-5-19(27)12-22;1-33-10-2-3-16(14-33)15-34-20-7-5-19(6-8-20)31-26-32-25-24(36-26)23(17(12-29)13-30-25)35-22-9-4-18(28)11-21(22)27;27-19-8-9-20-23(35-15-34-20)22(19)31-21-17(12-28)13-29-25-24(21)36-26(32-25)30-18-6-4-16(5-7-18)14-33-10-2-1-3-11-33/h4-9,12,16H,2-3,10,13-15H2,1H3,(H2,30,31,32,33);2,5-10,12,14,17H,3-4,11,15-16H2,1H3,(H,29,30,31);4-9,11,13,16H,2-3,10,14-15H2,1H3,(H,30,31,32);4-9,13H,1-3,10-11,14-15H2,(H2,29,30,31,32). The van der Waals surface area contributed by atoms with Gasteiger partial charge in [0.25, 0.3) is 0 Å². The number of hydrogen-bond donors (Lipinski definition) is 6. The highest BCUT2D eigenvalue weighted by Crippen LogP contribution is 2.51. The zero-order chi connectivity index (χ0) is 99.8. The maximum atomic E-state index is 13.5. The number of thiazole rings is 4. The van der Waals surface area contributed by atoms with Crippen LogP contribution in [-0.2, 0) is 6.54 Å². The lowest BCUT2D eigenvalue weighted by Crippen LogP contribution is -2.34. The highest BCUT2D eigenvalue weighted by Gasteiger charge is 2.30. The van der Waals surface area contributed by atoms with E-state index in [1.807, 2.05) is 97.1 Å². The molecule has 0 saturated carbocycles. The molecule has 4 fully saturated rings. The summed E-state index contributed by atoms with van der Waals surface area (Å²) in [7, 11) is 6.49.